The first kappa shape index (κ1) is 16.0. The van der Waals surface area contributed by atoms with Crippen LogP contribution in [0.15, 0.2) is 54.6 Å². The van der Waals surface area contributed by atoms with Gasteiger partial charge in [-0.2, -0.15) is 0 Å². The highest BCUT2D eigenvalue weighted by Crippen LogP contribution is 2.19. The van der Waals surface area contributed by atoms with Crippen LogP contribution >= 0.6 is 0 Å². The quantitative estimate of drug-likeness (QED) is 0.663. The summed E-state index contributed by atoms with van der Waals surface area (Å²) in [7, 11) is 0. The molecule has 116 valence electrons. The Morgan fingerprint density at radius 3 is 2.09 bits per heavy atom. The fraction of sp³-hybridized carbons (Fsp3) is 0.278. The maximum atomic E-state index is 11.8. The van der Waals surface area contributed by atoms with E-state index in [4.69, 9.17) is 0 Å². The third-order valence-electron chi connectivity index (χ3n) is 3.11. The molecule has 0 spiro atoms. The van der Waals surface area contributed by atoms with Crippen LogP contribution in [0, 0.1) is 0 Å². The van der Waals surface area contributed by atoms with E-state index in [1.54, 1.807) is 0 Å². The maximum Gasteiger partial charge on any atom is 0.341 e. The van der Waals surface area contributed by atoms with Gasteiger partial charge in [0.15, 0.2) is 0 Å². The molecule has 0 unspecified atom stereocenters. The summed E-state index contributed by atoms with van der Waals surface area (Å²) in [5, 5.41) is 13.3. The monoisotopic (exact) mass is 298 g/mol. The van der Waals surface area contributed by atoms with Gasteiger partial charge in [0.05, 0.1) is 6.54 Å². The summed E-state index contributed by atoms with van der Waals surface area (Å²) < 4.78 is 0. The summed E-state index contributed by atoms with van der Waals surface area (Å²) in [5.74, 6) is 0. The first-order chi connectivity index (χ1) is 10.3. The van der Waals surface area contributed by atoms with Crippen molar-refractivity contribution in [1.29, 1.82) is 0 Å². The van der Waals surface area contributed by atoms with E-state index in [1.807, 2.05) is 75.4 Å². The first-order valence-electron chi connectivity index (χ1n) is 7.28. The second-order valence-corrected chi connectivity index (χ2v) is 6.30. The minimum Gasteiger partial charge on any atom is -0.332 e. The van der Waals surface area contributed by atoms with Gasteiger partial charge in [-0.15, -0.1) is 0 Å². The number of nitrogens with one attached hydrogen (secondary N) is 1. The second kappa shape index (κ2) is 6.62. The fourth-order valence-corrected chi connectivity index (χ4v) is 2.06. The molecule has 2 amide bonds. The van der Waals surface area contributed by atoms with Crippen molar-refractivity contribution < 1.29 is 10.0 Å². The van der Waals surface area contributed by atoms with Gasteiger partial charge in [0.25, 0.3) is 0 Å². The number of urea groups is 1. The lowest BCUT2D eigenvalue weighted by molar-refractivity contribution is -0.0528. The van der Waals surface area contributed by atoms with Gasteiger partial charge in [-0.3, -0.25) is 5.21 Å². The summed E-state index contributed by atoms with van der Waals surface area (Å²) in [6, 6.07) is 17.4. The zero-order valence-corrected chi connectivity index (χ0v) is 13.2. The molecule has 4 nitrogen and oxygen atoms in total. The lowest BCUT2D eigenvalue weighted by Crippen LogP contribution is -2.47. The van der Waals surface area contributed by atoms with Crippen molar-refractivity contribution in [3.05, 3.63) is 60.2 Å². The molecule has 0 aliphatic heterocycles. The molecule has 0 bridgehead atoms. The largest absolute Gasteiger partial charge is 0.341 e. The molecule has 0 saturated heterocycles. The normalized spacial score (nSPS) is 11.1. The molecule has 2 aromatic rings. The van der Waals surface area contributed by atoms with Crippen molar-refractivity contribution in [3.8, 4) is 11.1 Å². The number of hydrogen-bond donors (Lipinski definition) is 2. The molecule has 0 atom stereocenters. The van der Waals surface area contributed by atoms with Gasteiger partial charge in [-0.1, -0.05) is 54.6 Å². The van der Waals surface area contributed by atoms with Crippen molar-refractivity contribution in [2.45, 2.75) is 32.9 Å². The minimum absolute atomic E-state index is 0.150. The smallest absolute Gasteiger partial charge is 0.332 e. The first-order valence-corrected chi connectivity index (χ1v) is 7.28. The molecule has 0 aromatic heterocycles. The van der Waals surface area contributed by atoms with E-state index >= 15 is 0 Å². The summed E-state index contributed by atoms with van der Waals surface area (Å²) in [6.07, 6.45) is 0. The number of hydrogen-bond acceptors (Lipinski definition) is 2. The van der Waals surface area contributed by atoms with Gasteiger partial charge >= 0.3 is 6.03 Å². The molecular weight excluding hydrogens is 276 g/mol. The Hall–Kier alpha value is -2.33. The Morgan fingerprint density at radius 1 is 1.00 bits per heavy atom. The lowest BCUT2D eigenvalue weighted by Gasteiger charge is -2.24. The molecule has 2 N–H and O–H groups in total. The molecule has 2 aromatic carbocycles. The predicted octanol–water partition coefficient (Wildman–Crippen LogP) is 4.05. The second-order valence-electron chi connectivity index (χ2n) is 6.30. The summed E-state index contributed by atoms with van der Waals surface area (Å²) in [6.45, 7) is 5.76. The number of amides is 2. The Bertz CT molecular complexity index is 616. The highest BCUT2D eigenvalue weighted by atomic mass is 16.5. The van der Waals surface area contributed by atoms with Gasteiger partial charge in [0.1, 0.15) is 0 Å². The molecule has 0 fully saturated rings. The summed E-state index contributed by atoms with van der Waals surface area (Å²) >= 11 is 0. The predicted molar refractivity (Wildman–Crippen MR) is 87.5 cm³/mol. The highest BCUT2D eigenvalue weighted by molar-refractivity contribution is 5.73. The zero-order valence-electron chi connectivity index (χ0n) is 13.2. The summed E-state index contributed by atoms with van der Waals surface area (Å²) in [4.78, 5) is 11.8. The van der Waals surface area contributed by atoms with E-state index in [1.165, 1.54) is 0 Å². The van der Waals surface area contributed by atoms with E-state index in [9.17, 15) is 10.0 Å². The average molecular weight is 298 g/mol. The number of nitrogens with zero attached hydrogens (tertiary/aromatic N) is 1. The van der Waals surface area contributed by atoms with Gasteiger partial charge < -0.3 is 5.32 Å². The zero-order chi connectivity index (χ0) is 16.2. The average Bonchev–Trinajstić information content (AvgIpc) is 2.47. The molecule has 0 aliphatic carbocycles. The number of carbonyl (C=O) groups excluding carboxylic acids is 1. The number of benzene rings is 2. The van der Waals surface area contributed by atoms with Gasteiger partial charge in [0, 0.05) is 5.54 Å². The van der Waals surface area contributed by atoms with Gasteiger partial charge in [-0.25, -0.2) is 9.86 Å². The van der Waals surface area contributed by atoms with Crippen LogP contribution in [-0.2, 0) is 6.54 Å². The van der Waals surface area contributed by atoms with Crippen molar-refractivity contribution in [2.24, 2.45) is 0 Å². The van der Waals surface area contributed by atoms with Crippen LogP contribution in [0.5, 0.6) is 0 Å². The van der Waals surface area contributed by atoms with E-state index in [0.29, 0.717) is 5.06 Å². The van der Waals surface area contributed by atoms with Crippen LogP contribution in [0.2, 0.25) is 0 Å². The molecule has 4 heteroatoms. The highest BCUT2D eigenvalue weighted by Gasteiger charge is 2.18. The topological polar surface area (TPSA) is 52.6 Å². The van der Waals surface area contributed by atoms with Gasteiger partial charge in [-0.05, 0) is 37.5 Å². The lowest BCUT2D eigenvalue weighted by atomic mass is 10.0. The summed E-state index contributed by atoms with van der Waals surface area (Å²) in [5.41, 5.74) is 2.73. The van der Waals surface area contributed by atoms with E-state index in [-0.39, 0.29) is 12.1 Å². The van der Waals surface area contributed by atoms with Crippen LogP contribution in [0.3, 0.4) is 0 Å². The van der Waals surface area contributed by atoms with Gasteiger partial charge in [0.2, 0.25) is 0 Å². The van der Waals surface area contributed by atoms with E-state index < -0.39 is 6.03 Å². The van der Waals surface area contributed by atoms with Crippen LogP contribution in [0.25, 0.3) is 11.1 Å². The molecule has 0 aliphatic rings. The third-order valence-corrected chi connectivity index (χ3v) is 3.11. The molecular formula is C18H22N2O2. The van der Waals surface area contributed by atoms with Crippen LogP contribution in [0.1, 0.15) is 26.3 Å². The van der Waals surface area contributed by atoms with E-state index in [0.717, 1.165) is 16.7 Å². The Morgan fingerprint density at radius 2 is 1.55 bits per heavy atom. The van der Waals surface area contributed by atoms with Crippen molar-refractivity contribution >= 4 is 6.03 Å². The molecule has 0 radical (unpaired) electrons. The Balaban J connectivity index is 2.01. The number of rotatable bonds is 3. The van der Waals surface area contributed by atoms with Crippen LogP contribution in [0.4, 0.5) is 4.79 Å². The van der Waals surface area contributed by atoms with Crippen molar-refractivity contribution in [2.75, 3.05) is 0 Å². The molecule has 0 heterocycles. The van der Waals surface area contributed by atoms with Crippen molar-refractivity contribution in [3.63, 3.8) is 0 Å². The molecule has 22 heavy (non-hydrogen) atoms. The van der Waals surface area contributed by atoms with Crippen molar-refractivity contribution in [1.82, 2.24) is 10.4 Å². The Labute approximate surface area is 131 Å². The van der Waals surface area contributed by atoms with E-state index in [2.05, 4.69) is 5.32 Å². The molecule has 0 saturated carbocycles. The number of carbonyl (C=O) groups is 1. The van der Waals surface area contributed by atoms with Crippen LogP contribution < -0.4 is 5.32 Å². The Kier molecular flexibility index (Phi) is 4.83. The van der Waals surface area contributed by atoms with Crippen LogP contribution in [-0.4, -0.2) is 21.8 Å². The maximum absolute atomic E-state index is 11.8. The fourth-order valence-electron chi connectivity index (χ4n) is 2.06. The SMILES string of the molecule is CC(C)(C)NC(=O)N(O)Cc1ccc(-c2ccccc2)cc1. The number of hydroxylamine groups is 2. The minimum atomic E-state index is -0.500. The molecule has 2 rings (SSSR count). The third kappa shape index (κ3) is 4.60. The standard InChI is InChI=1S/C18H22N2O2/c1-18(2,3)19-17(21)20(22)13-14-9-11-16(12-10-14)15-7-5-4-6-8-15/h4-12,22H,13H2,1-3H3,(H,19,21).